The number of rotatable bonds is 5. The maximum atomic E-state index is 11.0. The Morgan fingerprint density at radius 1 is 0.885 bits per heavy atom. The number of ether oxygens (including phenoxy) is 3. The minimum atomic E-state index is -1.16. The van der Waals surface area contributed by atoms with Crippen molar-refractivity contribution in [2.75, 3.05) is 27.1 Å². The smallest absolute Gasteiger partial charge is 0.343 e. The Morgan fingerprint density at radius 3 is 1.77 bits per heavy atom. The number of anilines is 1. The van der Waals surface area contributed by atoms with E-state index in [2.05, 4.69) is 0 Å². The first-order valence-electron chi connectivity index (χ1n) is 7.10. The molecule has 5 N–H and O–H groups in total. The topological polar surface area (TPSA) is 149 Å². The first-order chi connectivity index (χ1) is 12.2. The van der Waals surface area contributed by atoms with Crippen molar-refractivity contribution in [3.63, 3.8) is 0 Å². The van der Waals surface area contributed by atoms with Crippen molar-refractivity contribution in [2.45, 2.75) is 0 Å². The predicted molar refractivity (Wildman–Crippen MR) is 92.5 cm³/mol. The van der Waals surface area contributed by atoms with Crippen molar-refractivity contribution >= 4 is 17.6 Å². The number of nitrogens with two attached hydrogens (primary N) is 1. The Labute approximate surface area is 149 Å². The molecular weight excluding hydrogens is 346 g/mol. The van der Waals surface area contributed by atoms with Crippen LogP contribution in [0.5, 0.6) is 23.0 Å². The molecule has 0 radical (unpaired) electrons. The molecule has 0 aliphatic heterocycles. The van der Waals surface area contributed by atoms with Crippen LogP contribution >= 0.6 is 0 Å². The molecule has 140 valence electrons. The summed E-state index contributed by atoms with van der Waals surface area (Å²) in [7, 11) is 4.26. The van der Waals surface area contributed by atoms with Crippen LogP contribution in [0.15, 0.2) is 30.3 Å². The van der Waals surface area contributed by atoms with Gasteiger partial charge >= 0.3 is 11.9 Å². The number of carbonyl (C=O) groups is 2. The van der Waals surface area contributed by atoms with E-state index in [1.165, 1.54) is 51.7 Å². The molecule has 0 amide bonds. The number of carboxylic acids is 2. The van der Waals surface area contributed by atoms with Gasteiger partial charge in [0.25, 0.3) is 0 Å². The molecule has 26 heavy (non-hydrogen) atoms. The first-order valence-corrected chi connectivity index (χ1v) is 7.10. The van der Waals surface area contributed by atoms with Gasteiger partial charge in [-0.25, -0.2) is 9.59 Å². The lowest BCUT2D eigenvalue weighted by molar-refractivity contribution is 0.0680. The van der Waals surface area contributed by atoms with Crippen molar-refractivity contribution in [2.24, 2.45) is 0 Å². The quantitative estimate of drug-likeness (QED) is 0.584. The van der Waals surface area contributed by atoms with Crippen LogP contribution in [0.2, 0.25) is 0 Å². The Bertz CT molecular complexity index is 778. The van der Waals surface area contributed by atoms with Crippen molar-refractivity contribution in [3.05, 3.63) is 41.5 Å². The maximum Gasteiger partial charge on any atom is 0.343 e. The summed E-state index contributed by atoms with van der Waals surface area (Å²) in [5, 5.41) is 26.4. The van der Waals surface area contributed by atoms with Gasteiger partial charge in [-0.2, -0.15) is 0 Å². The zero-order valence-corrected chi connectivity index (χ0v) is 14.3. The molecule has 2 aromatic carbocycles. The number of aromatic carboxylic acids is 2. The highest BCUT2D eigenvalue weighted by Crippen LogP contribution is 2.33. The van der Waals surface area contributed by atoms with Crippen LogP contribution in [0.25, 0.3) is 0 Å². The molecule has 0 aromatic heterocycles. The Morgan fingerprint density at radius 2 is 1.42 bits per heavy atom. The van der Waals surface area contributed by atoms with E-state index < -0.39 is 11.9 Å². The molecule has 2 aromatic rings. The number of methoxy groups -OCH3 is 3. The van der Waals surface area contributed by atoms with E-state index in [-0.39, 0.29) is 28.4 Å². The zero-order chi connectivity index (χ0) is 19.9. The fourth-order valence-electron chi connectivity index (χ4n) is 1.95. The van der Waals surface area contributed by atoms with Crippen LogP contribution in [0.4, 0.5) is 5.69 Å². The molecule has 0 saturated heterocycles. The molecule has 0 heterocycles. The Hall–Kier alpha value is -3.62. The molecule has 0 spiro atoms. The molecular formula is C17H19NO8. The van der Waals surface area contributed by atoms with Crippen LogP contribution in [-0.4, -0.2) is 48.6 Å². The normalized spacial score (nSPS) is 9.50. The number of nitrogen functional groups attached to an aromatic ring is 1. The molecule has 2 rings (SSSR count). The Balaban J connectivity index is 0.000000273. The van der Waals surface area contributed by atoms with E-state index in [4.69, 9.17) is 35.3 Å². The summed E-state index contributed by atoms with van der Waals surface area (Å²) in [4.78, 5) is 21.3. The fraction of sp³-hybridized carbons (Fsp3) is 0.176. The third kappa shape index (κ3) is 4.94. The van der Waals surface area contributed by atoms with Crippen molar-refractivity contribution < 1.29 is 39.1 Å². The van der Waals surface area contributed by atoms with Gasteiger partial charge in [0.2, 0.25) is 0 Å². The second kappa shape index (κ2) is 9.02. The van der Waals surface area contributed by atoms with Crippen LogP contribution in [0.1, 0.15) is 20.7 Å². The first kappa shape index (κ1) is 20.4. The Kier molecular flexibility index (Phi) is 7.08. The highest BCUT2D eigenvalue weighted by atomic mass is 16.5. The third-order valence-corrected chi connectivity index (χ3v) is 3.18. The summed E-state index contributed by atoms with van der Waals surface area (Å²) >= 11 is 0. The van der Waals surface area contributed by atoms with Crippen LogP contribution < -0.4 is 19.9 Å². The van der Waals surface area contributed by atoms with E-state index in [1.807, 2.05) is 0 Å². The summed E-state index contributed by atoms with van der Waals surface area (Å²) in [5.74, 6) is -1.68. The molecule has 0 saturated carbocycles. The van der Waals surface area contributed by atoms with Crippen molar-refractivity contribution in [1.82, 2.24) is 0 Å². The number of phenols is 1. The van der Waals surface area contributed by atoms with Gasteiger partial charge in [0.1, 0.15) is 34.1 Å². The van der Waals surface area contributed by atoms with E-state index in [0.29, 0.717) is 11.4 Å². The third-order valence-electron chi connectivity index (χ3n) is 3.18. The van der Waals surface area contributed by atoms with Gasteiger partial charge < -0.3 is 35.3 Å². The van der Waals surface area contributed by atoms with E-state index in [1.54, 1.807) is 0 Å². The van der Waals surface area contributed by atoms with Crippen LogP contribution in [-0.2, 0) is 0 Å². The summed E-state index contributed by atoms with van der Waals surface area (Å²) in [6.07, 6.45) is 0. The largest absolute Gasteiger partial charge is 0.507 e. The molecule has 0 aliphatic carbocycles. The standard InChI is InChI=1S/C10H12O5.C7H7NO3/c1-13-6-4-7(14-2)9(10(11)12)8(5-6)15-3;8-4-1-2-5(7(10)11)6(9)3-4/h4-5H,1-3H3,(H,11,12);1-3,9H,8H2,(H,10,11). The molecule has 0 atom stereocenters. The van der Waals surface area contributed by atoms with Gasteiger partial charge in [0.15, 0.2) is 0 Å². The number of hydrogen-bond acceptors (Lipinski definition) is 7. The zero-order valence-electron chi connectivity index (χ0n) is 14.3. The number of carboxylic acid groups (broad SMARTS) is 2. The SMILES string of the molecule is COc1cc(OC)c(C(=O)O)c(OC)c1.Nc1ccc(C(=O)O)c(O)c1. The van der Waals surface area contributed by atoms with Gasteiger partial charge in [-0.15, -0.1) is 0 Å². The van der Waals surface area contributed by atoms with Crippen molar-refractivity contribution in [3.8, 4) is 23.0 Å². The monoisotopic (exact) mass is 365 g/mol. The lowest BCUT2D eigenvalue weighted by Gasteiger charge is -2.11. The highest BCUT2D eigenvalue weighted by molar-refractivity contribution is 5.94. The van der Waals surface area contributed by atoms with Crippen LogP contribution in [0, 0.1) is 0 Å². The fourth-order valence-corrected chi connectivity index (χ4v) is 1.95. The second-order valence-electron chi connectivity index (χ2n) is 4.79. The summed E-state index contributed by atoms with van der Waals surface area (Å²) in [6, 6.07) is 6.86. The van der Waals surface area contributed by atoms with Gasteiger partial charge in [0, 0.05) is 23.9 Å². The lowest BCUT2D eigenvalue weighted by Crippen LogP contribution is -2.04. The van der Waals surface area contributed by atoms with Crippen molar-refractivity contribution in [1.29, 1.82) is 0 Å². The van der Waals surface area contributed by atoms with Crippen LogP contribution in [0.3, 0.4) is 0 Å². The van der Waals surface area contributed by atoms with E-state index in [9.17, 15) is 9.59 Å². The van der Waals surface area contributed by atoms with Gasteiger partial charge in [-0.05, 0) is 12.1 Å². The number of hydrogen-bond donors (Lipinski definition) is 4. The predicted octanol–water partition coefficient (Wildman–Crippen LogP) is 2.08. The number of aromatic hydroxyl groups is 1. The minimum absolute atomic E-state index is 0.0131. The summed E-state index contributed by atoms with van der Waals surface area (Å²) in [6.45, 7) is 0. The summed E-state index contributed by atoms with van der Waals surface area (Å²) < 4.78 is 14.9. The average Bonchev–Trinajstić information content (AvgIpc) is 2.60. The minimum Gasteiger partial charge on any atom is -0.507 e. The molecule has 9 nitrogen and oxygen atoms in total. The molecule has 0 bridgehead atoms. The maximum absolute atomic E-state index is 11.0. The van der Waals surface area contributed by atoms with E-state index >= 15 is 0 Å². The molecule has 9 heteroatoms. The lowest BCUT2D eigenvalue weighted by atomic mass is 10.1. The number of benzene rings is 2. The van der Waals surface area contributed by atoms with Gasteiger partial charge in [-0.3, -0.25) is 0 Å². The molecule has 0 aliphatic rings. The molecule has 0 unspecified atom stereocenters. The second-order valence-corrected chi connectivity index (χ2v) is 4.79. The average molecular weight is 365 g/mol. The van der Waals surface area contributed by atoms with Gasteiger partial charge in [0.05, 0.1) is 21.3 Å². The molecule has 0 fully saturated rings. The summed E-state index contributed by atoms with van der Waals surface area (Å²) in [5.41, 5.74) is 5.46. The highest BCUT2D eigenvalue weighted by Gasteiger charge is 2.19. The van der Waals surface area contributed by atoms with E-state index in [0.717, 1.165) is 0 Å². The van der Waals surface area contributed by atoms with Gasteiger partial charge in [-0.1, -0.05) is 0 Å².